The second-order valence-corrected chi connectivity index (χ2v) is 9.41. The van der Waals surface area contributed by atoms with Gasteiger partial charge in [-0.25, -0.2) is 0 Å². The standard InChI is InChI=1S/C23H31N7O2/c1-28-15-26-27-20(28)14-29-12-17-11-18(13-29)22(30-19(17)3-2-4-21(30)31)23(32)25-10-7-16-5-8-24-9-6-16/h5-6,8-9,15,17-19,22H,2-4,7,10-14H2,1H3,(H,25,32)/t17-,18+,19-,22+/m0/s1. The first-order valence-electron chi connectivity index (χ1n) is 11.6. The molecule has 0 unspecified atom stereocenters. The molecule has 3 aliphatic rings. The lowest BCUT2D eigenvalue weighted by Crippen LogP contribution is -2.68. The SMILES string of the molecule is Cn1cnnc1CN1C[C@@H]2C[C@H](C1)[C@H](C(=O)NCCc1ccncc1)N1C(=O)CCC[C@@H]21. The monoisotopic (exact) mass is 437 g/mol. The summed E-state index contributed by atoms with van der Waals surface area (Å²) in [6, 6.07) is 3.70. The number of fused-ring (bicyclic) bond motifs is 4. The summed E-state index contributed by atoms with van der Waals surface area (Å²) >= 11 is 0. The summed E-state index contributed by atoms with van der Waals surface area (Å²) in [6.45, 7) is 3.02. The molecule has 9 nitrogen and oxygen atoms in total. The molecule has 2 aromatic heterocycles. The van der Waals surface area contributed by atoms with E-state index < -0.39 is 0 Å². The van der Waals surface area contributed by atoms with E-state index in [1.807, 2.05) is 28.6 Å². The Morgan fingerprint density at radius 2 is 2.03 bits per heavy atom. The fourth-order valence-corrected chi connectivity index (χ4v) is 5.85. The lowest BCUT2D eigenvalue weighted by Gasteiger charge is -2.55. The number of likely N-dealkylation sites (tertiary alicyclic amines) is 1. The maximum atomic E-state index is 13.4. The summed E-state index contributed by atoms with van der Waals surface area (Å²) in [7, 11) is 1.96. The maximum Gasteiger partial charge on any atom is 0.243 e. The van der Waals surface area contributed by atoms with Crippen molar-refractivity contribution < 1.29 is 9.59 Å². The van der Waals surface area contributed by atoms with Crippen LogP contribution in [0.1, 0.15) is 37.1 Å². The molecule has 5 rings (SSSR count). The fourth-order valence-electron chi connectivity index (χ4n) is 5.85. The highest BCUT2D eigenvalue weighted by Crippen LogP contribution is 2.41. The van der Waals surface area contributed by atoms with Gasteiger partial charge < -0.3 is 14.8 Å². The second-order valence-electron chi connectivity index (χ2n) is 9.41. The summed E-state index contributed by atoms with van der Waals surface area (Å²) in [5.74, 6) is 1.61. The van der Waals surface area contributed by atoms with Gasteiger partial charge in [-0.1, -0.05) is 0 Å². The first-order chi connectivity index (χ1) is 15.6. The largest absolute Gasteiger partial charge is 0.354 e. The third-order valence-corrected chi connectivity index (χ3v) is 7.32. The van der Waals surface area contributed by atoms with Crippen LogP contribution in [0.25, 0.3) is 0 Å². The van der Waals surface area contributed by atoms with Gasteiger partial charge in [0.05, 0.1) is 6.54 Å². The number of aromatic nitrogens is 4. The Hall–Kier alpha value is -2.81. The third-order valence-electron chi connectivity index (χ3n) is 7.32. The van der Waals surface area contributed by atoms with E-state index >= 15 is 0 Å². The molecule has 2 aromatic rings. The van der Waals surface area contributed by atoms with Gasteiger partial charge in [-0.3, -0.25) is 19.5 Å². The number of nitrogens with zero attached hydrogens (tertiary/aromatic N) is 6. The normalized spacial score (nSPS) is 27.8. The van der Waals surface area contributed by atoms with Crippen LogP contribution in [0, 0.1) is 11.8 Å². The molecule has 0 saturated carbocycles. The topological polar surface area (TPSA) is 96.2 Å². The van der Waals surface area contributed by atoms with Crippen LogP contribution in [0.15, 0.2) is 30.9 Å². The van der Waals surface area contributed by atoms with E-state index in [0.717, 1.165) is 56.7 Å². The Morgan fingerprint density at radius 1 is 1.22 bits per heavy atom. The number of aryl methyl sites for hydroxylation is 1. The minimum atomic E-state index is -0.385. The zero-order chi connectivity index (χ0) is 22.1. The smallest absolute Gasteiger partial charge is 0.243 e. The molecular weight excluding hydrogens is 406 g/mol. The van der Waals surface area contributed by atoms with Gasteiger partial charge in [0.25, 0.3) is 0 Å². The van der Waals surface area contributed by atoms with Crippen LogP contribution in [0.4, 0.5) is 0 Å². The van der Waals surface area contributed by atoms with E-state index in [4.69, 9.17) is 0 Å². The highest BCUT2D eigenvalue weighted by molar-refractivity contribution is 5.89. The molecule has 0 radical (unpaired) electrons. The lowest BCUT2D eigenvalue weighted by atomic mass is 9.71. The van der Waals surface area contributed by atoms with Gasteiger partial charge in [-0.05, 0) is 49.3 Å². The molecule has 0 spiro atoms. The number of rotatable bonds is 6. The molecule has 170 valence electrons. The third kappa shape index (κ3) is 4.13. The van der Waals surface area contributed by atoms with Crippen LogP contribution in [-0.2, 0) is 29.6 Å². The van der Waals surface area contributed by atoms with Gasteiger partial charge in [-0.15, -0.1) is 10.2 Å². The van der Waals surface area contributed by atoms with E-state index in [-0.39, 0.29) is 29.8 Å². The first-order valence-corrected chi connectivity index (χ1v) is 11.6. The van der Waals surface area contributed by atoms with E-state index in [1.54, 1.807) is 18.7 Å². The molecule has 2 amide bonds. The number of nitrogens with one attached hydrogen (secondary N) is 1. The highest BCUT2D eigenvalue weighted by Gasteiger charge is 2.51. The van der Waals surface area contributed by atoms with Crippen molar-refractivity contribution in [3.05, 3.63) is 42.2 Å². The molecule has 1 N–H and O–H groups in total. The van der Waals surface area contributed by atoms with Crippen LogP contribution in [0.2, 0.25) is 0 Å². The molecule has 9 heteroatoms. The van der Waals surface area contributed by atoms with Gasteiger partial charge in [0.15, 0.2) is 0 Å². The van der Waals surface area contributed by atoms with E-state index in [1.165, 1.54) is 0 Å². The number of carbonyl (C=O) groups is 2. The average Bonchev–Trinajstić information content (AvgIpc) is 3.19. The summed E-state index contributed by atoms with van der Waals surface area (Å²) in [4.78, 5) is 34.8. The van der Waals surface area contributed by atoms with Crippen LogP contribution in [0.5, 0.6) is 0 Å². The van der Waals surface area contributed by atoms with E-state index in [9.17, 15) is 9.59 Å². The van der Waals surface area contributed by atoms with Crippen molar-refractivity contribution in [2.75, 3.05) is 19.6 Å². The Morgan fingerprint density at radius 3 is 2.81 bits per heavy atom. The molecule has 3 saturated heterocycles. The Bertz CT molecular complexity index is 962. The van der Waals surface area contributed by atoms with Crippen LogP contribution in [0.3, 0.4) is 0 Å². The first kappa shape index (κ1) is 21.1. The van der Waals surface area contributed by atoms with Crippen LogP contribution < -0.4 is 5.32 Å². The zero-order valence-corrected chi connectivity index (χ0v) is 18.6. The number of hydrogen-bond acceptors (Lipinski definition) is 6. The van der Waals surface area contributed by atoms with Crippen molar-refractivity contribution in [2.45, 2.75) is 50.7 Å². The molecule has 0 aliphatic carbocycles. The molecular formula is C23H31N7O2. The Kier molecular flexibility index (Phi) is 5.91. The number of piperidine rings is 3. The molecule has 4 atom stereocenters. The van der Waals surface area contributed by atoms with Gasteiger partial charge >= 0.3 is 0 Å². The minimum absolute atomic E-state index is 0.0109. The van der Waals surface area contributed by atoms with Crippen molar-refractivity contribution in [2.24, 2.45) is 18.9 Å². The molecule has 32 heavy (non-hydrogen) atoms. The lowest BCUT2D eigenvalue weighted by molar-refractivity contribution is -0.160. The molecule has 0 aromatic carbocycles. The molecule has 3 aliphatic heterocycles. The van der Waals surface area contributed by atoms with E-state index in [0.29, 0.717) is 18.9 Å². The maximum absolute atomic E-state index is 13.4. The van der Waals surface area contributed by atoms with Crippen molar-refractivity contribution in [1.29, 1.82) is 0 Å². The van der Waals surface area contributed by atoms with Crippen molar-refractivity contribution in [3.63, 3.8) is 0 Å². The molecule has 3 fully saturated rings. The Balaban J connectivity index is 1.31. The number of pyridine rings is 1. The average molecular weight is 438 g/mol. The van der Waals surface area contributed by atoms with E-state index in [2.05, 4.69) is 25.4 Å². The Labute approximate surface area is 188 Å². The number of carbonyl (C=O) groups excluding carboxylic acids is 2. The second kappa shape index (κ2) is 8.97. The summed E-state index contributed by atoms with van der Waals surface area (Å²) in [5, 5.41) is 11.4. The number of hydrogen-bond donors (Lipinski definition) is 1. The minimum Gasteiger partial charge on any atom is -0.354 e. The van der Waals surface area contributed by atoms with Gasteiger partial charge in [0.2, 0.25) is 11.8 Å². The predicted molar refractivity (Wildman–Crippen MR) is 117 cm³/mol. The highest BCUT2D eigenvalue weighted by atomic mass is 16.2. The van der Waals surface area contributed by atoms with Gasteiger partial charge in [0, 0.05) is 57.5 Å². The van der Waals surface area contributed by atoms with Crippen LogP contribution in [-0.4, -0.2) is 73.1 Å². The molecule has 2 bridgehead atoms. The number of amides is 2. The predicted octanol–water partition coefficient (Wildman–Crippen LogP) is 0.770. The van der Waals surface area contributed by atoms with Crippen molar-refractivity contribution in [1.82, 2.24) is 34.9 Å². The summed E-state index contributed by atoms with van der Waals surface area (Å²) in [6.07, 6.45) is 9.48. The van der Waals surface area contributed by atoms with Crippen molar-refractivity contribution in [3.8, 4) is 0 Å². The van der Waals surface area contributed by atoms with Crippen LogP contribution >= 0.6 is 0 Å². The fraction of sp³-hybridized carbons (Fsp3) is 0.609. The summed E-state index contributed by atoms with van der Waals surface area (Å²) in [5.41, 5.74) is 1.14. The van der Waals surface area contributed by atoms with Gasteiger partial charge in [0.1, 0.15) is 18.2 Å². The summed E-state index contributed by atoms with van der Waals surface area (Å²) < 4.78 is 1.95. The quantitative estimate of drug-likeness (QED) is 0.717. The van der Waals surface area contributed by atoms with Gasteiger partial charge in [-0.2, -0.15) is 0 Å². The zero-order valence-electron chi connectivity index (χ0n) is 18.6. The molecule has 5 heterocycles. The van der Waals surface area contributed by atoms with Crippen molar-refractivity contribution >= 4 is 11.8 Å².